The number of nitrogens with zero attached hydrogens (tertiary/aromatic N) is 1. The standard InChI is InChI=1S/C21H18BrNO4/c22-16-8-4-7-15(13-16)19-18(20(26)21(27)23(19)11-12-24)17(25)10-9-14-5-2-1-3-6-14/h1-10,13,19,24,26H,11-12H2/b10-9+. The third-order valence-electron chi connectivity index (χ3n) is 4.30. The number of rotatable bonds is 6. The Morgan fingerprint density at radius 3 is 2.56 bits per heavy atom. The lowest BCUT2D eigenvalue weighted by atomic mass is 9.95. The number of β-amino-alcohol motifs (C(OH)–C–C–N with tert-alkyl or cyclic N) is 1. The number of allylic oxidation sites excluding steroid dienone is 1. The predicted octanol–water partition coefficient (Wildman–Crippen LogP) is 3.42. The molecule has 5 nitrogen and oxygen atoms in total. The van der Waals surface area contributed by atoms with Crippen LogP contribution in [-0.4, -0.2) is 40.0 Å². The smallest absolute Gasteiger partial charge is 0.290 e. The van der Waals surface area contributed by atoms with Gasteiger partial charge < -0.3 is 15.1 Å². The van der Waals surface area contributed by atoms with E-state index >= 15 is 0 Å². The molecule has 0 aromatic heterocycles. The number of aliphatic hydroxyl groups is 2. The van der Waals surface area contributed by atoms with Gasteiger partial charge in [-0.15, -0.1) is 0 Å². The van der Waals surface area contributed by atoms with Crippen LogP contribution in [-0.2, 0) is 9.59 Å². The fraction of sp³-hybridized carbons (Fsp3) is 0.143. The second-order valence-electron chi connectivity index (χ2n) is 6.05. The van der Waals surface area contributed by atoms with E-state index in [0.29, 0.717) is 5.56 Å². The minimum Gasteiger partial charge on any atom is -0.503 e. The maximum absolute atomic E-state index is 12.8. The van der Waals surface area contributed by atoms with Crippen LogP contribution >= 0.6 is 15.9 Å². The lowest BCUT2D eigenvalue weighted by Gasteiger charge is -2.26. The summed E-state index contributed by atoms with van der Waals surface area (Å²) in [6.45, 7) is -0.260. The molecule has 0 radical (unpaired) electrons. The van der Waals surface area contributed by atoms with Gasteiger partial charge in [-0.3, -0.25) is 9.59 Å². The number of amides is 1. The maximum atomic E-state index is 12.8. The van der Waals surface area contributed by atoms with Crippen molar-refractivity contribution in [2.24, 2.45) is 0 Å². The number of halogens is 1. The van der Waals surface area contributed by atoms with Crippen LogP contribution in [0.4, 0.5) is 0 Å². The molecule has 6 heteroatoms. The maximum Gasteiger partial charge on any atom is 0.290 e. The van der Waals surface area contributed by atoms with E-state index in [9.17, 15) is 19.8 Å². The number of aliphatic hydroxyl groups excluding tert-OH is 2. The van der Waals surface area contributed by atoms with Crippen molar-refractivity contribution in [2.45, 2.75) is 6.04 Å². The Hall–Kier alpha value is -2.70. The van der Waals surface area contributed by atoms with E-state index in [-0.39, 0.29) is 18.7 Å². The van der Waals surface area contributed by atoms with Crippen molar-refractivity contribution >= 4 is 33.7 Å². The number of ketones is 1. The highest BCUT2D eigenvalue weighted by molar-refractivity contribution is 9.10. The van der Waals surface area contributed by atoms with Crippen molar-refractivity contribution in [3.63, 3.8) is 0 Å². The molecule has 2 N–H and O–H groups in total. The third-order valence-corrected chi connectivity index (χ3v) is 4.79. The van der Waals surface area contributed by atoms with Gasteiger partial charge >= 0.3 is 0 Å². The fourth-order valence-corrected chi connectivity index (χ4v) is 3.51. The SMILES string of the molecule is O=C(/C=C/c1ccccc1)C1=C(O)C(=O)N(CCO)C1c1cccc(Br)c1. The zero-order valence-corrected chi connectivity index (χ0v) is 16.0. The summed E-state index contributed by atoms with van der Waals surface area (Å²) >= 11 is 3.39. The highest BCUT2D eigenvalue weighted by Gasteiger charge is 2.42. The van der Waals surface area contributed by atoms with Crippen molar-refractivity contribution < 1.29 is 19.8 Å². The van der Waals surface area contributed by atoms with Crippen molar-refractivity contribution in [2.75, 3.05) is 13.2 Å². The summed E-state index contributed by atoms with van der Waals surface area (Å²) in [5.74, 6) is -1.68. The van der Waals surface area contributed by atoms with Crippen LogP contribution in [0, 0.1) is 0 Å². The topological polar surface area (TPSA) is 77.8 Å². The first-order valence-electron chi connectivity index (χ1n) is 8.41. The summed E-state index contributed by atoms with van der Waals surface area (Å²) in [7, 11) is 0. The molecular weight excluding hydrogens is 410 g/mol. The lowest BCUT2D eigenvalue weighted by Crippen LogP contribution is -2.33. The highest BCUT2D eigenvalue weighted by Crippen LogP contribution is 2.38. The molecule has 1 heterocycles. The molecule has 3 rings (SSSR count). The largest absolute Gasteiger partial charge is 0.503 e. The van der Waals surface area contributed by atoms with Crippen LogP contribution in [0.25, 0.3) is 6.08 Å². The first kappa shape index (κ1) is 19.1. The molecule has 138 valence electrons. The van der Waals surface area contributed by atoms with Crippen molar-refractivity contribution in [1.82, 2.24) is 4.90 Å². The van der Waals surface area contributed by atoms with Gasteiger partial charge in [0.15, 0.2) is 11.5 Å². The van der Waals surface area contributed by atoms with Gasteiger partial charge in [-0.2, -0.15) is 0 Å². The Balaban J connectivity index is 2.00. The van der Waals surface area contributed by atoms with Crippen molar-refractivity contribution in [3.05, 3.63) is 87.6 Å². The Kier molecular flexibility index (Phi) is 5.88. The molecular formula is C21H18BrNO4. The van der Waals surface area contributed by atoms with E-state index in [1.165, 1.54) is 11.0 Å². The Bertz CT molecular complexity index is 921. The lowest BCUT2D eigenvalue weighted by molar-refractivity contribution is -0.129. The number of benzene rings is 2. The second-order valence-corrected chi connectivity index (χ2v) is 6.97. The van der Waals surface area contributed by atoms with Gasteiger partial charge in [0.05, 0.1) is 18.2 Å². The minimum atomic E-state index is -0.755. The number of carbonyl (C=O) groups is 2. The summed E-state index contributed by atoms with van der Waals surface area (Å²) in [5.41, 5.74) is 1.52. The van der Waals surface area contributed by atoms with E-state index in [1.807, 2.05) is 36.4 Å². The number of hydrogen-bond acceptors (Lipinski definition) is 4. The van der Waals surface area contributed by atoms with Gasteiger partial charge in [0.2, 0.25) is 0 Å². The summed E-state index contributed by atoms with van der Waals surface area (Å²) < 4.78 is 0.786. The summed E-state index contributed by atoms with van der Waals surface area (Å²) in [5, 5.41) is 19.7. The molecule has 0 spiro atoms. The molecule has 0 saturated heterocycles. The molecule has 1 aliphatic rings. The van der Waals surface area contributed by atoms with Gasteiger partial charge in [-0.1, -0.05) is 64.5 Å². The van der Waals surface area contributed by atoms with Gasteiger partial charge in [-0.05, 0) is 29.3 Å². The number of hydrogen-bond donors (Lipinski definition) is 2. The average Bonchev–Trinajstić information content (AvgIpc) is 2.92. The average molecular weight is 428 g/mol. The molecule has 1 aliphatic heterocycles. The van der Waals surface area contributed by atoms with Crippen LogP contribution in [0.1, 0.15) is 17.2 Å². The molecule has 0 fully saturated rings. The van der Waals surface area contributed by atoms with Crippen LogP contribution in [0.3, 0.4) is 0 Å². The van der Waals surface area contributed by atoms with E-state index in [1.54, 1.807) is 24.3 Å². The van der Waals surface area contributed by atoms with Crippen LogP contribution < -0.4 is 0 Å². The van der Waals surface area contributed by atoms with Gasteiger partial charge in [0.25, 0.3) is 5.91 Å². The van der Waals surface area contributed by atoms with E-state index in [2.05, 4.69) is 15.9 Å². The molecule has 0 saturated carbocycles. The molecule has 2 aromatic rings. The van der Waals surface area contributed by atoms with Crippen LogP contribution in [0.15, 0.2) is 76.5 Å². The van der Waals surface area contributed by atoms with Gasteiger partial charge in [0, 0.05) is 11.0 Å². The van der Waals surface area contributed by atoms with Crippen molar-refractivity contribution in [1.29, 1.82) is 0 Å². The summed E-state index contributed by atoms with van der Waals surface area (Å²) in [6.07, 6.45) is 2.99. The molecule has 0 aliphatic carbocycles. The monoisotopic (exact) mass is 427 g/mol. The Morgan fingerprint density at radius 2 is 1.89 bits per heavy atom. The van der Waals surface area contributed by atoms with Gasteiger partial charge in [0.1, 0.15) is 0 Å². The normalized spacial score (nSPS) is 17.2. The van der Waals surface area contributed by atoms with Gasteiger partial charge in [-0.25, -0.2) is 0 Å². The summed E-state index contributed by atoms with van der Waals surface area (Å²) in [6, 6.07) is 15.7. The zero-order valence-electron chi connectivity index (χ0n) is 14.4. The molecule has 27 heavy (non-hydrogen) atoms. The molecule has 0 bridgehead atoms. The fourth-order valence-electron chi connectivity index (χ4n) is 3.09. The van der Waals surface area contributed by atoms with Crippen LogP contribution in [0.2, 0.25) is 0 Å². The number of carbonyl (C=O) groups excluding carboxylic acids is 2. The quantitative estimate of drug-likeness (QED) is 0.692. The van der Waals surface area contributed by atoms with E-state index < -0.39 is 23.5 Å². The predicted molar refractivity (Wildman–Crippen MR) is 106 cm³/mol. The third kappa shape index (κ3) is 4.02. The first-order valence-corrected chi connectivity index (χ1v) is 9.20. The van der Waals surface area contributed by atoms with E-state index in [4.69, 9.17) is 0 Å². The Labute approximate surface area is 165 Å². The first-order chi connectivity index (χ1) is 13.0. The molecule has 1 amide bonds. The zero-order chi connectivity index (χ0) is 19.4. The molecule has 2 aromatic carbocycles. The minimum absolute atomic E-state index is 0.0127. The summed E-state index contributed by atoms with van der Waals surface area (Å²) in [4.78, 5) is 26.6. The Morgan fingerprint density at radius 1 is 1.15 bits per heavy atom. The molecule has 1 atom stereocenters. The van der Waals surface area contributed by atoms with Crippen molar-refractivity contribution in [3.8, 4) is 0 Å². The second kappa shape index (κ2) is 8.33. The van der Waals surface area contributed by atoms with Crippen LogP contribution in [0.5, 0.6) is 0 Å². The molecule has 1 unspecified atom stereocenters. The van der Waals surface area contributed by atoms with E-state index in [0.717, 1.165) is 10.0 Å². The highest BCUT2D eigenvalue weighted by atomic mass is 79.9.